The lowest BCUT2D eigenvalue weighted by atomic mass is 9.81. The zero-order valence-electron chi connectivity index (χ0n) is 26.8. The Morgan fingerprint density at radius 3 is 2.02 bits per heavy atom. The number of unbranched alkanes of at least 4 members (excludes halogenated alkanes) is 1. The number of benzene rings is 3. The van der Waals surface area contributed by atoms with E-state index in [1.807, 2.05) is 30.3 Å². The fraction of sp³-hybridized carbons (Fsp3) is 0.447. The van der Waals surface area contributed by atoms with Gasteiger partial charge in [-0.25, -0.2) is 14.2 Å². The molecule has 1 aliphatic carbocycles. The van der Waals surface area contributed by atoms with Crippen molar-refractivity contribution in [2.75, 3.05) is 26.7 Å². The fourth-order valence-corrected chi connectivity index (χ4v) is 7.43. The molecule has 8 heteroatoms. The van der Waals surface area contributed by atoms with E-state index < -0.39 is 22.8 Å². The summed E-state index contributed by atoms with van der Waals surface area (Å²) >= 11 is 0. The highest BCUT2D eigenvalue weighted by Gasteiger charge is 2.45. The quantitative estimate of drug-likeness (QED) is 0.150. The number of hydrogen-bond donors (Lipinski definition) is 0. The Balaban J connectivity index is 1.10. The van der Waals surface area contributed by atoms with Crippen molar-refractivity contribution in [2.45, 2.75) is 82.1 Å². The molecule has 0 N–H and O–H groups in total. The molecule has 0 atom stereocenters. The number of hydrogen-bond acceptors (Lipinski definition) is 6. The number of carbonyl (C=O) groups is 1. The second-order valence-corrected chi connectivity index (χ2v) is 12.8. The Morgan fingerprint density at radius 2 is 1.39 bits per heavy atom. The molecule has 1 aliphatic heterocycles. The molecule has 46 heavy (non-hydrogen) atoms. The monoisotopic (exact) mass is 623 g/mol. The van der Waals surface area contributed by atoms with Crippen LogP contribution in [0.15, 0.2) is 94.5 Å². The summed E-state index contributed by atoms with van der Waals surface area (Å²) in [5.41, 5.74) is 0.891. The summed E-state index contributed by atoms with van der Waals surface area (Å²) in [5, 5.41) is 0.460. The lowest BCUT2D eigenvalue weighted by Gasteiger charge is -2.36. The summed E-state index contributed by atoms with van der Waals surface area (Å²) < 4.78 is 14.8. The molecule has 1 saturated heterocycles. The van der Waals surface area contributed by atoms with E-state index in [2.05, 4.69) is 53.4 Å². The van der Waals surface area contributed by atoms with Gasteiger partial charge >= 0.3 is 11.7 Å². The highest BCUT2D eigenvalue weighted by atomic mass is 16.5. The van der Waals surface area contributed by atoms with E-state index in [1.54, 1.807) is 10.6 Å². The minimum absolute atomic E-state index is 0.0812. The van der Waals surface area contributed by atoms with Crippen molar-refractivity contribution in [3.63, 3.8) is 0 Å². The van der Waals surface area contributed by atoms with Crippen LogP contribution in [0.1, 0.15) is 75.0 Å². The molecule has 6 rings (SSSR count). The molecule has 2 aliphatic rings. The van der Waals surface area contributed by atoms with E-state index in [0.717, 1.165) is 64.6 Å². The van der Waals surface area contributed by atoms with Crippen LogP contribution in [-0.2, 0) is 26.4 Å². The van der Waals surface area contributed by atoms with Crippen LogP contribution in [0.2, 0.25) is 0 Å². The lowest BCUT2D eigenvalue weighted by molar-refractivity contribution is -0.153. The third kappa shape index (κ3) is 6.60. The number of aromatic nitrogens is 2. The predicted octanol–water partition coefficient (Wildman–Crippen LogP) is 6.05. The van der Waals surface area contributed by atoms with Gasteiger partial charge in [-0.15, -0.1) is 0 Å². The normalized spacial score (nSPS) is 17.3. The Morgan fingerprint density at radius 1 is 0.804 bits per heavy atom. The number of aryl methyl sites for hydroxylation is 1. The lowest BCUT2D eigenvalue weighted by Crippen LogP contribution is -2.56. The molecule has 0 bridgehead atoms. The zero-order valence-corrected chi connectivity index (χ0v) is 26.8. The zero-order chi connectivity index (χ0) is 31.9. The average Bonchev–Trinajstić information content (AvgIpc) is 3.11. The molecule has 1 saturated carbocycles. The van der Waals surface area contributed by atoms with Crippen LogP contribution < -0.4 is 11.2 Å². The molecule has 2 fully saturated rings. The molecule has 8 nitrogen and oxygen atoms in total. The number of nitrogens with zero attached hydrogens (tertiary/aromatic N) is 3. The van der Waals surface area contributed by atoms with Gasteiger partial charge in [-0.3, -0.25) is 9.36 Å². The average molecular weight is 624 g/mol. The van der Waals surface area contributed by atoms with Crippen LogP contribution in [0, 0.1) is 0 Å². The molecular weight excluding hydrogens is 578 g/mol. The second-order valence-electron chi connectivity index (χ2n) is 12.8. The molecule has 0 spiro atoms. The Bertz CT molecular complexity index is 1680. The Kier molecular flexibility index (Phi) is 10.1. The van der Waals surface area contributed by atoms with Gasteiger partial charge in [0, 0.05) is 19.6 Å². The van der Waals surface area contributed by atoms with Crippen molar-refractivity contribution in [1.82, 2.24) is 14.0 Å². The molecule has 0 amide bonds. The standard InChI is InChI=1S/C38H45N3O5/c1-45-36(43)38(23-11-4-12-24-38)41-35(42)32-19-9-10-20-33(32)40(37(41)44)26-14-13-25-39-27-21-31(22-28-39)46-34(29-15-5-2-6-16-29)30-17-7-3-8-18-30/h2-3,5-10,15-20,31,34H,4,11-14,21-28H2,1H3. The maximum atomic E-state index is 14.0. The van der Waals surface area contributed by atoms with E-state index in [0.29, 0.717) is 30.3 Å². The molecule has 4 aromatic rings. The summed E-state index contributed by atoms with van der Waals surface area (Å²) in [7, 11) is 1.34. The van der Waals surface area contributed by atoms with E-state index in [9.17, 15) is 14.4 Å². The first-order valence-electron chi connectivity index (χ1n) is 16.8. The fourth-order valence-electron chi connectivity index (χ4n) is 7.43. The van der Waals surface area contributed by atoms with Gasteiger partial charge in [0.15, 0.2) is 0 Å². The largest absolute Gasteiger partial charge is 0.467 e. The topological polar surface area (TPSA) is 82.8 Å². The summed E-state index contributed by atoms with van der Waals surface area (Å²) in [5.74, 6) is -0.500. The maximum absolute atomic E-state index is 14.0. The van der Waals surface area contributed by atoms with Gasteiger partial charge in [0.25, 0.3) is 5.56 Å². The first kappa shape index (κ1) is 32.0. The first-order valence-corrected chi connectivity index (χ1v) is 16.8. The number of methoxy groups -OCH3 is 1. The number of carbonyl (C=O) groups excluding carboxylic acids is 1. The number of likely N-dealkylation sites (tertiary alicyclic amines) is 1. The first-order chi connectivity index (χ1) is 22.5. The van der Waals surface area contributed by atoms with Gasteiger partial charge in [-0.05, 0) is 68.3 Å². The number of para-hydroxylation sites is 1. The van der Waals surface area contributed by atoms with Crippen LogP contribution in [-0.4, -0.2) is 52.9 Å². The summed E-state index contributed by atoms with van der Waals surface area (Å²) in [6.07, 6.45) is 7.15. The number of ether oxygens (including phenoxy) is 2. The molecule has 1 aromatic heterocycles. The van der Waals surface area contributed by atoms with Crippen LogP contribution in [0.3, 0.4) is 0 Å². The molecular formula is C38H45N3O5. The minimum Gasteiger partial charge on any atom is -0.467 e. The molecule has 2 heterocycles. The van der Waals surface area contributed by atoms with Crippen molar-refractivity contribution >= 4 is 16.9 Å². The molecule has 242 valence electrons. The molecule has 0 unspecified atom stereocenters. The van der Waals surface area contributed by atoms with Crippen LogP contribution in [0.4, 0.5) is 0 Å². The third-order valence-corrected chi connectivity index (χ3v) is 9.90. The molecule has 3 aromatic carbocycles. The highest BCUT2D eigenvalue weighted by Crippen LogP contribution is 2.35. The highest BCUT2D eigenvalue weighted by molar-refractivity contribution is 5.81. The second kappa shape index (κ2) is 14.6. The van der Waals surface area contributed by atoms with E-state index >= 15 is 0 Å². The van der Waals surface area contributed by atoms with Gasteiger partial charge in [-0.2, -0.15) is 0 Å². The van der Waals surface area contributed by atoms with Gasteiger partial charge in [0.2, 0.25) is 0 Å². The summed E-state index contributed by atoms with van der Waals surface area (Å²) in [6.45, 7) is 3.35. The van der Waals surface area contributed by atoms with E-state index in [1.165, 1.54) is 22.8 Å². The van der Waals surface area contributed by atoms with Crippen molar-refractivity contribution in [3.05, 3.63) is 117 Å². The third-order valence-electron chi connectivity index (χ3n) is 9.90. The van der Waals surface area contributed by atoms with Gasteiger partial charge in [-0.1, -0.05) is 92.1 Å². The molecule has 0 radical (unpaired) electrons. The minimum atomic E-state index is -1.25. The maximum Gasteiger partial charge on any atom is 0.332 e. The van der Waals surface area contributed by atoms with Crippen LogP contribution in [0.25, 0.3) is 10.9 Å². The predicted molar refractivity (Wildman–Crippen MR) is 180 cm³/mol. The van der Waals surface area contributed by atoms with E-state index in [4.69, 9.17) is 9.47 Å². The number of rotatable bonds is 11. The van der Waals surface area contributed by atoms with Crippen LogP contribution >= 0.6 is 0 Å². The SMILES string of the molecule is COC(=O)C1(n2c(=O)c3ccccc3n(CCCCN3CCC(OC(c4ccccc4)c4ccccc4)CC3)c2=O)CCCCC1. The van der Waals surface area contributed by atoms with Crippen molar-refractivity contribution in [1.29, 1.82) is 0 Å². The van der Waals surface area contributed by atoms with Crippen molar-refractivity contribution in [2.24, 2.45) is 0 Å². The summed E-state index contributed by atoms with van der Waals surface area (Å²) in [6, 6.07) is 28.1. The Labute approximate surface area is 270 Å². The van der Waals surface area contributed by atoms with Gasteiger partial charge < -0.3 is 14.4 Å². The number of piperidine rings is 1. The van der Waals surface area contributed by atoms with Gasteiger partial charge in [0.1, 0.15) is 11.6 Å². The van der Waals surface area contributed by atoms with Crippen LogP contribution in [0.5, 0.6) is 0 Å². The Hall–Kier alpha value is -4.01. The number of fused-ring (bicyclic) bond motifs is 1. The summed E-state index contributed by atoms with van der Waals surface area (Å²) in [4.78, 5) is 43.4. The van der Waals surface area contributed by atoms with Gasteiger partial charge in [0.05, 0.1) is 24.1 Å². The van der Waals surface area contributed by atoms with E-state index in [-0.39, 0.29) is 12.2 Å². The smallest absolute Gasteiger partial charge is 0.332 e. The number of esters is 1. The van der Waals surface area contributed by atoms with Crippen molar-refractivity contribution in [3.8, 4) is 0 Å². The van der Waals surface area contributed by atoms with Crippen molar-refractivity contribution < 1.29 is 14.3 Å².